The molecule has 0 aliphatic heterocycles. The highest BCUT2D eigenvalue weighted by Gasteiger charge is 2.08. The van der Waals surface area contributed by atoms with Gasteiger partial charge in [0.1, 0.15) is 5.75 Å². The molecule has 0 spiro atoms. The molecule has 1 N–H and O–H groups in total. The van der Waals surface area contributed by atoms with Gasteiger partial charge >= 0.3 is 0 Å². The van der Waals surface area contributed by atoms with Crippen molar-refractivity contribution in [3.8, 4) is 10.9 Å². The molecular weight excluding hydrogens is 290 g/mol. The van der Waals surface area contributed by atoms with Crippen LogP contribution in [0.3, 0.4) is 0 Å². The van der Waals surface area contributed by atoms with Crippen LogP contribution in [0.5, 0.6) is 10.9 Å². The molecule has 21 heavy (non-hydrogen) atoms. The third-order valence-corrected chi connectivity index (χ3v) is 3.30. The Hall–Kier alpha value is -2.67. The van der Waals surface area contributed by atoms with E-state index in [1.807, 2.05) is 29.6 Å². The summed E-state index contributed by atoms with van der Waals surface area (Å²) in [6, 6.07) is 8.93. The number of amides is 1. The number of hydrogen-bond donors (Lipinski definition) is 1. The van der Waals surface area contributed by atoms with E-state index in [4.69, 9.17) is 9.26 Å². The molecule has 3 aromatic rings. The molecule has 0 aliphatic carbocycles. The van der Waals surface area contributed by atoms with E-state index >= 15 is 0 Å². The number of thiazole rings is 1. The third kappa shape index (κ3) is 3.46. The molecule has 0 fully saturated rings. The molecular formula is C14H11N3O3S. The predicted molar refractivity (Wildman–Crippen MR) is 76.3 cm³/mol. The van der Waals surface area contributed by atoms with Gasteiger partial charge in [-0.15, -0.1) is 0 Å². The molecule has 7 heteroatoms. The van der Waals surface area contributed by atoms with Crippen LogP contribution in [0.15, 0.2) is 52.6 Å². The van der Waals surface area contributed by atoms with E-state index in [2.05, 4.69) is 15.5 Å². The number of ether oxygens (including phenoxy) is 1. The van der Waals surface area contributed by atoms with Crippen molar-refractivity contribution in [1.82, 2.24) is 15.5 Å². The average Bonchev–Trinajstić information content (AvgIpc) is 3.19. The van der Waals surface area contributed by atoms with Gasteiger partial charge in [0.05, 0.1) is 6.20 Å². The Bertz CT molecular complexity index is 694. The number of carbonyl (C=O) groups excluding carboxylic acids is 1. The van der Waals surface area contributed by atoms with Gasteiger partial charge in [-0.3, -0.25) is 4.79 Å². The summed E-state index contributed by atoms with van der Waals surface area (Å²) in [4.78, 5) is 15.7. The highest BCUT2D eigenvalue weighted by atomic mass is 32.1. The number of nitrogens with one attached hydrogen (secondary N) is 1. The maximum Gasteiger partial charge on any atom is 0.290 e. The van der Waals surface area contributed by atoms with E-state index in [-0.39, 0.29) is 11.7 Å². The molecule has 3 rings (SSSR count). The summed E-state index contributed by atoms with van der Waals surface area (Å²) in [5.41, 5.74) is 0.953. The molecule has 0 saturated heterocycles. The summed E-state index contributed by atoms with van der Waals surface area (Å²) < 4.78 is 10.3. The average molecular weight is 301 g/mol. The zero-order valence-corrected chi connectivity index (χ0v) is 11.7. The minimum Gasteiger partial charge on any atom is -0.431 e. The van der Waals surface area contributed by atoms with Crippen molar-refractivity contribution in [3.05, 3.63) is 59.4 Å². The van der Waals surface area contributed by atoms with E-state index in [0.29, 0.717) is 17.5 Å². The second-order valence-electron chi connectivity index (χ2n) is 4.10. The fourth-order valence-corrected chi connectivity index (χ4v) is 2.14. The molecule has 2 aromatic heterocycles. The summed E-state index contributed by atoms with van der Waals surface area (Å²) in [6.07, 6.45) is 3.12. The minimum atomic E-state index is -0.296. The van der Waals surface area contributed by atoms with Crippen molar-refractivity contribution in [2.45, 2.75) is 6.54 Å². The van der Waals surface area contributed by atoms with Gasteiger partial charge in [-0.05, 0) is 17.7 Å². The first kappa shape index (κ1) is 13.3. The maximum absolute atomic E-state index is 11.7. The molecule has 1 amide bonds. The number of carbonyl (C=O) groups is 1. The second kappa shape index (κ2) is 6.19. The lowest BCUT2D eigenvalue weighted by molar-refractivity contribution is 0.0914. The zero-order chi connectivity index (χ0) is 14.5. The maximum atomic E-state index is 11.7. The van der Waals surface area contributed by atoms with E-state index in [0.717, 1.165) is 5.56 Å². The van der Waals surface area contributed by atoms with Crippen LogP contribution in [0.2, 0.25) is 0 Å². The lowest BCUT2D eigenvalue weighted by atomic mass is 10.2. The molecule has 0 saturated carbocycles. The summed E-state index contributed by atoms with van der Waals surface area (Å²) in [5.74, 6) is 0.601. The van der Waals surface area contributed by atoms with Crippen LogP contribution < -0.4 is 10.1 Å². The number of aromatic nitrogens is 2. The van der Waals surface area contributed by atoms with Crippen molar-refractivity contribution in [3.63, 3.8) is 0 Å². The highest BCUT2D eigenvalue weighted by Crippen LogP contribution is 2.23. The third-order valence-electron chi connectivity index (χ3n) is 2.65. The Labute approximate surface area is 124 Å². The smallest absolute Gasteiger partial charge is 0.290 e. The first-order valence-electron chi connectivity index (χ1n) is 6.16. The number of hydrogen-bond acceptors (Lipinski definition) is 6. The number of nitrogens with zero attached hydrogens (tertiary/aromatic N) is 2. The van der Waals surface area contributed by atoms with Gasteiger partial charge in [-0.1, -0.05) is 28.6 Å². The standard InChI is InChI=1S/C14H11N3O3S/c18-13(12-5-6-17-20-12)16-9-10-1-3-11(4-2-10)19-14-15-7-8-21-14/h1-8H,9H2,(H,16,18). The zero-order valence-electron chi connectivity index (χ0n) is 10.9. The Morgan fingerprint density at radius 2 is 2.10 bits per heavy atom. The molecule has 0 radical (unpaired) electrons. The normalized spacial score (nSPS) is 10.3. The first-order valence-corrected chi connectivity index (χ1v) is 7.04. The summed E-state index contributed by atoms with van der Waals surface area (Å²) >= 11 is 1.43. The lowest BCUT2D eigenvalue weighted by Gasteiger charge is -2.05. The van der Waals surface area contributed by atoms with Crippen molar-refractivity contribution >= 4 is 17.2 Å². The van der Waals surface area contributed by atoms with Crippen molar-refractivity contribution in [2.75, 3.05) is 0 Å². The van der Waals surface area contributed by atoms with Crippen molar-refractivity contribution in [1.29, 1.82) is 0 Å². The first-order chi connectivity index (χ1) is 10.3. The van der Waals surface area contributed by atoms with Crippen LogP contribution in [-0.4, -0.2) is 16.0 Å². The molecule has 0 unspecified atom stereocenters. The van der Waals surface area contributed by atoms with Gasteiger partial charge in [0.25, 0.3) is 11.1 Å². The predicted octanol–water partition coefficient (Wildman–Crippen LogP) is 2.85. The SMILES string of the molecule is O=C(NCc1ccc(Oc2nccs2)cc1)c1ccno1. The van der Waals surface area contributed by atoms with Gasteiger partial charge < -0.3 is 14.6 Å². The van der Waals surface area contributed by atoms with E-state index in [9.17, 15) is 4.79 Å². The van der Waals surface area contributed by atoms with Crippen molar-refractivity contribution < 1.29 is 14.1 Å². The molecule has 0 aliphatic rings. The van der Waals surface area contributed by atoms with E-state index < -0.39 is 0 Å². The second-order valence-corrected chi connectivity index (χ2v) is 4.96. The molecule has 1 aromatic carbocycles. The number of benzene rings is 1. The van der Waals surface area contributed by atoms with Gasteiger partial charge in [0.2, 0.25) is 5.76 Å². The Kier molecular flexibility index (Phi) is 3.92. The fraction of sp³-hybridized carbons (Fsp3) is 0.0714. The van der Waals surface area contributed by atoms with E-state index in [1.54, 1.807) is 6.20 Å². The van der Waals surface area contributed by atoms with Crippen LogP contribution in [0.4, 0.5) is 0 Å². The van der Waals surface area contributed by atoms with E-state index in [1.165, 1.54) is 23.6 Å². The van der Waals surface area contributed by atoms with Crippen molar-refractivity contribution in [2.24, 2.45) is 0 Å². The lowest BCUT2D eigenvalue weighted by Crippen LogP contribution is -2.22. The summed E-state index contributed by atoms with van der Waals surface area (Å²) in [7, 11) is 0. The highest BCUT2D eigenvalue weighted by molar-refractivity contribution is 7.11. The van der Waals surface area contributed by atoms with Gasteiger partial charge in [-0.2, -0.15) is 0 Å². The largest absolute Gasteiger partial charge is 0.431 e. The van der Waals surface area contributed by atoms with Gasteiger partial charge in [0.15, 0.2) is 0 Å². The fourth-order valence-electron chi connectivity index (χ4n) is 1.64. The summed E-state index contributed by atoms with van der Waals surface area (Å²) in [6.45, 7) is 0.400. The Balaban J connectivity index is 1.56. The van der Waals surface area contributed by atoms with Crippen LogP contribution in [0.25, 0.3) is 0 Å². The molecule has 0 bridgehead atoms. The topological polar surface area (TPSA) is 77.2 Å². The Morgan fingerprint density at radius 1 is 1.24 bits per heavy atom. The van der Waals surface area contributed by atoms with Crippen LogP contribution in [0.1, 0.15) is 16.1 Å². The monoisotopic (exact) mass is 301 g/mol. The van der Waals surface area contributed by atoms with Gasteiger partial charge in [0, 0.05) is 24.2 Å². The molecule has 6 nitrogen and oxygen atoms in total. The van der Waals surface area contributed by atoms with Crippen LogP contribution >= 0.6 is 11.3 Å². The van der Waals surface area contributed by atoms with Gasteiger partial charge in [-0.25, -0.2) is 4.98 Å². The Morgan fingerprint density at radius 3 is 2.76 bits per heavy atom. The number of rotatable bonds is 5. The van der Waals surface area contributed by atoms with Crippen LogP contribution in [-0.2, 0) is 6.54 Å². The molecule has 0 atom stereocenters. The van der Waals surface area contributed by atoms with Crippen LogP contribution in [0, 0.1) is 0 Å². The summed E-state index contributed by atoms with van der Waals surface area (Å²) in [5, 5.41) is 8.68. The quantitative estimate of drug-likeness (QED) is 0.784. The molecule has 2 heterocycles. The molecule has 106 valence electrons. The minimum absolute atomic E-state index is 0.193.